The van der Waals surface area contributed by atoms with Gasteiger partial charge >= 0.3 is 0 Å². The van der Waals surface area contributed by atoms with Crippen molar-refractivity contribution in [3.8, 4) is 16.9 Å². The highest BCUT2D eigenvalue weighted by atomic mass is 35.5. The number of hydrogen-bond donors (Lipinski definition) is 2. The minimum Gasteiger partial charge on any atom is -0.273 e. The average Bonchev–Trinajstić information content (AvgIpc) is 3.22. The molecule has 160 valence electrons. The molecule has 32 heavy (non-hydrogen) atoms. The normalized spacial score (nSPS) is 10.6. The SMILES string of the molecule is O=C(Cc1cn(-c2ccccc2)nc1-c1ccc(Cl)cc1)NNC(=O)c1ccccc1F. The summed E-state index contributed by atoms with van der Waals surface area (Å²) in [5, 5.41) is 5.23. The Hall–Kier alpha value is -3.97. The van der Waals surface area contributed by atoms with Gasteiger partial charge in [-0.25, -0.2) is 9.07 Å². The molecule has 2 N–H and O–H groups in total. The van der Waals surface area contributed by atoms with Gasteiger partial charge in [0.25, 0.3) is 5.91 Å². The lowest BCUT2D eigenvalue weighted by atomic mass is 10.1. The molecule has 0 fully saturated rings. The van der Waals surface area contributed by atoms with Crippen molar-refractivity contribution in [2.75, 3.05) is 0 Å². The Morgan fingerprint density at radius 2 is 1.59 bits per heavy atom. The number of rotatable bonds is 5. The third kappa shape index (κ3) is 4.84. The number of hydrogen-bond acceptors (Lipinski definition) is 3. The predicted octanol–water partition coefficient (Wildman–Crippen LogP) is 4.34. The minimum absolute atomic E-state index is 0.0532. The number of amides is 2. The molecule has 1 heterocycles. The molecule has 0 atom stereocenters. The molecule has 0 spiro atoms. The van der Waals surface area contributed by atoms with E-state index in [0.29, 0.717) is 16.3 Å². The molecule has 0 aliphatic heterocycles. The van der Waals surface area contributed by atoms with Crippen LogP contribution in [0.2, 0.25) is 5.02 Å². The lowest BCUT2D eigenvalue weighted by molar-refractivity contribution is -0.121. The van der Waals surface area contributed by atoms with Crippen LogP contribution >= 0.6 is 11.6 Å². The van der Waals surface area contributed by atoms with Crippen LogP contribution in [-0.2, 0) is 11.2 Å². The number of aromatic nitrogens is 2. The average molecular weight is 449 g/mol. The molecular weight excluding hydrogens is 431 g/mol. The van der Waals surface area contributed by atoms with Crippen LogP contribution in [0.1, 0.15) is 15.9 Å². The van der Waals surface area contributed by atoms with Crippen LogP contribution in [0, 0.1) is 5.82 Å². The Labute approximate surface area is 188 Å². The highest BCUT2D eigenvalue weighted by Gasteiger charge is 2.17. The molecule has 0 saturated carbocycles. The van der Waals surface area contributed by atoms with Crippen LogP contribution in [0.25, 0.3) is 16.9 Å². The van der Waals surface area contributed by atoms with Gasteiger partial charge < -0.3 is 0 Å². The summed E-state index contributed by atoms with van der Waals surface area (Å²) in [6.45, 7) is 0. The lowest BCUT2D eigenvalue weighted by Crippen LogP contribution is -2.42. The first kappa shape index (κ1) is 21.3. The first-order chi connectivity index (χ1) is 15.5. The van der Waals surface area contributed by atoms with Crippen LogP contribution in [0.3, 0.4) is 0 Å². The fourth-order valence-electron chi connectivity index (χ4n) is 3.16. The number of hydrazine groups is 1. The fourth-order valence-corrected chi connectivity index (χ4v) is 3.29. The van der Waals surface area contributed by atoms with E-state index in [4.69, 9.17) is 11.6 Å². The summed E-state index contributed by atoms with van der Waals surface area (Å²) in [5.74, 6) is -1.89. The second-order valence-corrected chi connectivity index (χ2v) is 7.39. The topological polar surface area (TPSA) is 76.0 Å². The van der Waals surface area contributed by atoms with Gasteiger partial charge in [0.15, 0.2) is 0 Å². The van der Waals surface area contributed by atoms with Gasteiger partial charge in [0.05, 0.1) is 23.4 Å². The van der Waals surface area contributed by atoms with Crippen molar-refractivity contribution < 1.29 is 14.0 Å². The van der Waals surface area contributed by atoms with Gasteiger partial charge in [-0.3, -0.25) is 20.4 Å². The van der Waals surface area contributed by atoms with E-state index < -0.39 is 17.6 Å². The summed E-state index contributed by atoms with van der Waals surface area (Å²) in [4.78, 5) is 24.7. The van der Waals surface area contributed by atoms with Gasteiger partial charge in [-0.15, -0.1) is 0 Å². The molecule has 4 aromatic rings. The van der Waals surface area contributed by atoms with Crippen LogP contribution in [0.5, 0.6) is 0 Å². The zero-order chi connectivity index (χ0) is 22.5. The maximum atomic E-state index is 13.8. The zero-order valence-corrected chi connectivity index (χ0v) is 17.5. The molecule has 0 aliphatic carbocycles. The first-order valence-corrected chi connectivity index (χ1v) is 10.1. The summed E-state index contributed by atoms with van der Waals surface area (Å²) >= 11 is 6.00. The number of carbonyl (C=O) groups is 2. The van der Waals surface area contributed by atoms with E-state index in [1.165, 1.54) is 24.3 Å². The summed E-state index contributed by atoms with van der Waals surface area (Å²) in [7, 11) is 0. The minimum atomic E-state index is -0.741. The van der Waals surface area contributed by atoms with Crippen molar-refractivity contribution in [3.05, 3.63) is 107 Å². The third-order valence-corrected chi connectivity index (χ3v) is 4.97. The molecule has 3 aromatic carbocycles. The van der Waals surface area contributed by atoms with E-state index in [0.717, 1.165) is 11.3 Å². The number of nitrogens with one attached hydrogen (secondary N) is 2. The Bertz CT molecular complexity index is 1260. The van der Waals surface area contributed by atoms with E-state index in [9.17, 15) is 14.0 Å². The van der Waals surface area contributed by atoms with Crippen LogP contribution < -0.4 is 10.9 Å². The molecule has 8 heteroatoms. The van der Waals surface area contributed by atoms with Crippen molar-refractivity contribution in [1.29, 1.82) is 0 Å². The molecule has 2 amide bonds. The van der Waals surface area contributed by atoms with Gasteiger partial charge in [-0.2, -0.15) is 5.10 Å². The van der Waals surface area contributed by atoms with Crippen LogP contribution in [-0.4, -0.2) is 21.6 Å². The molecule has 4 rings (SSSR count). The molecule has 0 bridgehead atoms. The molecule has 0 saturated heterocycles. The summed E-state index contributed by atoms with van der Waals surface area (Å²) in [5.41, 5.74) is 7.30. The predicted molar refractivity (Wildman–Crippen MR) is 120 cm³/mol. The summed E-state index contributed by atoms with van der Waals surface area (Å²) < 4.78 is 15.4. The number of nitrogens with zero attached hydrogens (tertiary/aromatic N) is 2. The molecule has 0 aliphatic rings. The van der Waals surface area contributed by atoms with E-state index in [-0.39, 0.29) is 12.0 Å². The Morgan fingerprint density at radius 3 is 2.31 bits per heavy atom. The van der Waals surface area contributed by atoms with E-state index >= 15 is 0 Å². The number of para-hydroxylation sites is 1. The molecule has 0 radical (unpaired) electrons. The van der Waals surface area contributed by atoms with Gasteiger partial charge in [0, 0.05) is 22.3 Å². The first-order valence-electron chi connectivity index (χ1n) is 9.75. The molecule has 1 aromatic heterocycles. The number of halogens is 2. The maximum absolute atomic E-state index is 13.8. The number of carbonyl (C=O) groups excluding carboxylic acids is 2. The Kier molecular flexibility index (Phi) is 6.28. The zero-order valence-electron chi connectivity index (χ0n) is 16.8. The Morgan fingerprint density at radius 1 is 0.906 bits per heavy atom. The van der Waals surface area contributed by atoms with Crippen LogP contribution in [0.4, 0.5) is 4.39 Å². The van der Waals surface area contributed by atoms with Gasteiger partial charge in [-0.1, -0.05) is 54.1 Å². The van der Waals surface area contributed by atoms with Crippen molar-refractivity contribution in [1.82, 2.24) is 20.6 Å². The maximum Gasteiger partial charge on any atom is 0.272 e. The van der Waals surface area contributed by atoms with Crippen LogP contribution in [0.15, 0.2) is 85.1 Å². The van der Waals surface area contributed by atoms with Crippen molar-refractivity contribution >= 4 is 23.4 Å². The standard InChI is InChI=1S/C24H18ClFN4O2/c25-18-12-10-16(11-13-18)23-17(15-30(29-23)19-6-2-1-3-7-19)14-22(31)27-28-24(32)20-8-4-5-9-21(20)26/h1-13,15H,14H2,(H,27,31)(H,28,32). The fraction of sp³-hybridized carbons (Fsp3) is 0.0417. The van der Waals surface area contributed by atoms with E-state index in [1.807, 2.05) is 42.5 Å². The Balaban J connectivity index is 1.54. The largest absolute Gasteiger partial charge is 0.273 e. The number of benzene rings is 3. The second kappa shape index (κ2) is 9.45. The quantitative estimate of drug-likeness (QED) is 0.446. The van der Waals surface area contributed by atoms with Crippen molar-refractivity contribution in [3.63, 3.8) is 0 Å². The molecule has 6 nitrogen and oxygen atoms in total. The second-order valence-electron chi connectivity index (χ2n) is 6.95. The highest BCUT2D eigenvalue weighted by Crippen LogP contribution is 2.25. The molecular formula is C24H18ClFN4O2. The smallest absolute Gasteiger partial charge is 0.272 e. The third-order valence-electron chi connectivity index (χ3n) is 4.71. The van der Waals surface area contributed by atoms with E-state index in [2.05, 4.69) is 16.0 Å². The van der Waals surface area contributed by atoms with Crippen molar-refractivity contribution in [2.45, 2.75) is 6.42 Å². The summed E-state index contributed by atoms with van der Waals surface area (Å²) in [6.07, 6.45) is 1.71. The summed E-state index contributed by atoms with van der Waals surface area (Å²) in [6, 6.07) is 22.1. The monoisotopic (exact) mass is 448 g/mol. The van der Waals surface area contributed by atoms with Gasteiger partial charge in [0.2, 0.25) is 5.91 Å². The lowest BCUT2D eigenvalue weighted by Gasteiger charge is -2.08. The van der Waals surface area contributed by atoms with Gasteiger partial charge in [-0.05, 0) is 36.4 Å². The molecule has 0 unspecified atom stereocenters. The highest BCUT2D eigenvalue weighted by molar-refractivity contribution is 6.30. The van der Waals surface area contributed by atoms with E-state index in [1.54, 1.807) is 23.0 Å². The van der Waals surface area contributed by atoms with Gasteiger partial charge in [0.1, 0.15) is 5.82 Å². The van der Waals surface area contributed by atoms with Crippen molar-refractivity contribution in [2.24, 2.45) is 0 Å².